The highest BCUT2D eigenvalue weighted by atomic mass is 35.6. The lowest BCUT2D eigenvalue weighted by Gasteiger charge is -2.81. The van der Waals surface area contributed by atoms with Crippen LogP contribution in [0.4, 0.5) is 0 Å². The fourth-order valence-electron chi connectivity index (χ4n) is 11.9. The van der Waals surface area contributed by atoms with E-state index in [2.05, 4.69) is 173 Å². The fourth-order valence-corrected chi connectivity index (χ4v) is 168. The number of hydrogen-bond donors (Lipinski definition) is 0. The number of halogens is 2. The van der Waals surface area contributed by atoms with E-state index in [4.69, 9.17) is 0 Å². The van der Waals surface area contributed by atoms with Crippen molar-refractivity contribution in [3.8, 4) is 0 Å². The Balaban J connectivity index is 2.32. The first-order chi connectivity index (χ1) is 22.8. The standard InChI is InChI=1S/C44H62Cl2Si4/c1-27-19-31(5)39(32(6)20-27)47(40-33(7)21-28(2)22-34(40)8)49(45,43(13,14)15)48(50(47,46)44(16,17)18,41-35(9)23-29(3)24-36(41)10)42-37(11)25-30(4)26-38(42)12/h19-26H,1-18H3. The minimum atomic E-state index is -3.11. The summed E-state index contributed by atoms with van der Waals surface area (Å²) < 4.78 is 0. The summed E-state index contributed by atoms with van der Waals surface area (Å²) >= 11 is 19.2. The predicted octanol–water partition coefficient (Wildman–Crippen LogP) is 10.5. The van der Waals surface area contributed by atoms with Crippen molar-refractivity contribution in [2.24, 2.45) is 0 Å². The third kappa shape index (κ3) is 4.83. The average Bonchev–Trinajstić information content (AvgIpc) is 2.91. The molecule has 268 valence electrons. The van der Waals surface area contributed by atoms with E-state index in [9.17, 15) is 22.2 Å². The van der Waals surface area contributed by atoms with Gasteiger partial charge in [0.15, 0.2) is 12.8 Å². The van der Waals surface area contributed by atoms with Crippen LogP contribution in [0.2, 0.25) is 10.1 Å². The second-order valence-corrected chi connectivity index (χ2v) is 60.3. The van der Waals surface area contributed by atoms with Crippen LogP contribution in [0.25, 0.3) is 0 Å². The summed E-state index contributed by atoms with van der Waals surface area (Å²) in [6.07, 6.45) is -6.21. The number of aryl methyl sites for hydroxylation is 12. The van der Waals surface area contributed by atoms with Gasteiger partial charge in [0.1, 0.15) is 14.2 Å². The molecule has 1 saturated heterocycles. The Bertz CT molecular complexity index is 1680. The Morgan fingerprint density at radius 3 is 0.580 bits per heavy atom. The molecule has 1 fully saturated rings. The lowest BCUT2D eigenvalue weighted by Crippen LogP contribution is -3.18. The number of hydrogen-bond acceptors (Lipinski definition) is 0. The van der Waals surface area contributed by atoms with Crippen LogP contribution in [0, 0.1) is 83.1 Å². The van der Waals surface area contributed by atoms with Gasteiger partial charge in [-0.1, -0.05) is 178 Å². The van der Waals surface area contributed by atoms with Crippen LogP contribution in [0.15, 0.2) is 48.5 Å². The molecule has 0 amide bonds. The van der Waals surface area contributed by atoms with Crippen LogP contribution in [-0.2, 0) is 0 Å². The number of benzene rings is 4. The van der Waals surface area contributed by atoms with E-state index >= 15 is 0 Å². The van der Waals surface area contributed by atoms with Gasteiger partial charge in [-0.25, -0.2) is 0 Å². The molecule has 0 radical (unpaired) electrons. The van der Waals surface area contributed by atoms with Gasteiger partial charge in [0.25, 0.3) is 0 Å². The Hall–Kier alpha value is -1.67. The summed E-state index contributed by atoms with van der Waals surface area (Å²) in [6.45, 7) is 43.3. The SMILES string of the molecule is Cc1cc(C)c([Si]2(c3c(C)cc(C)cc3C)[Si](Cl)(C(C)(C)C)[Si](c3c(C)cc(C)cc3C)(c3c(C)cc(C)cc3C)[Si]2(Cl)C(C)(C)C)c(C)c1. The van der Waals surface area contributed by atoms with E-state index in [0.717, 1.165) is 0 Å². The van der Waals surface area contributed by atoms with Crippen molar-refractivity contribution < 1.29 is 0 Å². The molecule has 0 saturated carbocycles. The summed E-state index contributed by atoms with van der Waals surface area (Å²) in [6, 6.07) is 19.6. The second kappa shape index (κ2) is 12.4. The second-order valence-electron chi connectivity index (χ2n) is 18.4. The van der Waals surface area contributed by atoms with E-state index < -0.39 is 27.1 Å². The van der Waals surface area contributed by atoms with E-state index in [1.807, 2.05) is 0 Å². The Labute approximate surface area is 318 Å². The van der Waals surface area contributed by atoms with Crippen molar-refractivity contribution in [3.05, 3.63) is 115 Å². The molecular formula is C44H62Cl2Si4. The summed E-state index contributed by atoms with van der Waals surface area (Å²) in [4.78, 5) is 0. The third-order valence-electron chi connectivity index (χ3n) is 12.3. The zero-order valence-corrected chi connectivity index (χ0v) is 39.9. The van der Waals surface area contributed by atoms with Gasteiger partial charge >= 0.3 is 0 Å². The van der Waals surface area contributed by atoms with Crippen LogP contribution >= 0.6 is 22.2 Å². The molecule has 0 aliphatic carbocycles. The summed E-state index contributed by atoms with van der Waals surface area (Å²) in [5.41, 5.74) is 16.5. The molecule has 0 spiro atoms. The molecule has 0 aromatic heterocycles. The monoisotopic (exact) mass is 772 g/mol. The van der Waals surface area contributed by atoms with Crippen molar-refractivity contribution in [3.63, 3.8) is 0 Å². The summed E-state index contributed by atoms with van der Waals surface area (Å²) in [5, 5.41) is 5.95. The lowest BCUT2D eigenvalue weighted by molar-refractivity contribution is 0.738. The first kappa shape index (κ1) is 39.5. The Morgan fingerprint density at radius 1 is 0.320 bits per heavy atom. The van der Waals surface area contributed by atoms with Gasteiger partial charge in [-0.15, -0.1) is 0 Å². The number of rotatable bonds is 4. The largest absolute Gasteiger partial charge is 0.172 e. The minimum absolute atomic E-state index is 0.162. The quantitative estimate of drug-likeness (QED) is 0.143. The minimum Gasteiger partial charge on any atom is -0.172 e. The predicted molar refractivity (Wildman–Crippen MR) is 235 cm³/mol. The molecule has 0 N–H and O–H groups in total. The molecule has 0 atom stereocenters. The van der Waals surface area contributed by atoms with Crippen LogP contribution in [0.5, 0.6) is 0 Å². The van der Waals surface area contributed by atoms with Crippen molar-refractivity contribution >= 4 is 70.0 Å². The van der Waals surface area contributed by atoms with Gasteiger partial charge in [-0.3, -0.25) is 0 Å². The summed E-state index contributed by atoms with van der Waals surface area (Å²) in [7, 11) is -6.09. The first-order valence-electron chi connectivity index (χ1n) is 18.5. The molecule has 5 rings (SSSR count). The molecule has 4 aromatic carbocycles. The topological polar surface area (TPSA) is 0 Å². The molecule has 50 heavy (non-hydrogen) atoms. The van der Waals surface area contributed by atoms with Gasteiger partial charge in [0.05, 0.1) is 0 Å². The Morgan fingerprint density at radius 2 is 0.460 bits per heavy atom. The van der Waals surface area contributed by atoms with Gasteiger partial charge in [0, 0.05) is 0 Å². The van der Waals surface area contributed by atoms with Gasteiger partial charge in [-0.2, -0.15) is 22.2 Å². The van der Waals surface area contributed by atoms with Crippen LogP contribution in [0.1, 0.15) is 108 Å². The van der Waals surface area contributed by atoms with E-state index in [-0.39, 0.29) is 10.1 Å². The van der Waals surface area contributed by atoms with Gasteiger partial charge in [0.2, 0.25) is 0 Å². The van der Waals surface area contributed by atoms with Gasteiger partial charge < -0.3 is 0 Å². The lowest BCUT2D eigenvalue weighted by atomic mass is 10.1. The van der Waals surface area contributed by atoms with Crippen molar-refractivity contribution in [1.29, 1.82) is 0 Å². The zero-order chi connectivity index (χ0) is 37.9. The van der Waals surface area contributed by atoms with E-state index in [1.165, 1.54) is 66.8 Å². The molecule has 6 heteroatoms. The van der Waals surface area contributed by atoms with Crippen LogP contribution in [-0.4, -0.2) is 27.1 Å². The third-order valence-corrected chi connectivity index (χ3v) is 109. The average molecular weight is 774 g/mol. The van der Waals surface area contributed by atoms with Crippen molar-refractivity contribution in [2.75, 3.05) is 0 Å². The molecule has 0 bridgehead atoms. The highest BCUT2D eigenvalue weighted by Crippen LogP contribution is 2.70. The van der Waals surface area contributed by atoms with E-state index in [0.29, 0.717) is 0 Å². The molecular weight excluding hydrogens is 712 g/mol. The van der Waals surface area contributed by atoms with E-state index in [1.54, 1.807) is 20.7 Å². The molecule has 0 unspecified atom stereocenters. The maximum absolute atomic E-state index is 9.61. The maximum atomic E-state index is 9.61. The molecule has 1 heterocycles. The zero-order valence-electron chi connectivity index (χ0n) is 34.4. The smallest absolute Gasteiger partial charge is 0.162 e. The molecule has 4 aromatic rings. The van der Waals surface area contributed by atoms with Crippen LogP contribution < -0.4 is 20.7 Å². The van der Waals surface area contributed by atoms with Crippen LogP contribution in [0.3, 0.4) is 0 Å². The highest BCUT2D eigenvalue weighted by Gasteiger charge is 2.98. The van der Waals surface area contributed by atoms with Gasteiger partial charge in [-0.05, 0) is 93.2 Å². The highest BCUT2D eigenvalue weighted by molar-refractivity contribution is 8.31. The normalized spacial score (nSPS) is 21.7. The van der Waals surface area contributed by atoms with Crippen molar-refractivity contribution in [2.45, 2.75) is 135 Å². The Kier molecular flexibility index (Phi) is 9.84. The molecule has 1 aliphatic rings. The fraction of sp³-hybridized carbons (Fsp3) is 0.455. The van der Waals surface area contributed by atoms with Crippen molar-refractivity contribution in [1.82, 2.24) is 0 Å². The summed E-state index contributed by atoms with van der Waals surface area (Å²) in [5.74, 6) is 0. The maximum Gasteiger partial charge on any atom is 0.162 e. The molecule has 0 nitrogen and oxygen atoms in total. The molecule has 1 aliphatic heterocycles. The first-order valence-corrected chi connectivity index (χ1v) is 32.5.